The second kappa shape index (κ2) is 9.62. The van der Waals surface area contributed by atoms with Gasteiger partial charge in [0.15, 0.2) is 0 Å². The van der Waals surface area contributed by atoms with Crippen molar-refractivity contribution in [2.75, 3.05) is 24.6 Å². The molecule has 5 nitrogen and oxygen atoms in total. The molecule has 4 rings (SSSR count). The van der Waals surface area contributed by atoms with Gasteiger partial charge in [-0.15, -0.1) is 0 Å². The highest BCUT2D eigenvalue weighted by molar-refractivity contribution is 5.98. The van der Waals surface area contributed by atoms with E-state index < -0.39 is 17.8 Å². The van der Waals surface area contributed by atoms with Gasteiger partial charge in [0.05, 0.1) is 12.5 Å². The molecule has 0 bridgehead atoms. The summed E-state index contributed by atoms with van der Waals surface area (Å²) in [5.41, 5.74) is 8.20. The molecule has 1 aromatic heterocycles. The average Bonchev–Trinajstić information content (AvgIpc) is 3.28. The number of nitrogens with two attached hydrogens (primary N) is 1. The largest absolute Gasteiger partial charge is 0.493 e. The quantitative estimate of drug-likeness (QED) is 0.575. The van der Waals surface area contributed by atoms with Crippen LogP contribution in [-0.4, -0.2) is 30.6 Å². The molecule has 33 heavy (non-hydrogen) atoms. The minimum absolute atomic E-state index is 0.128. The third-order valence-electron chi connectivity index (χ3n) is 5.73. The first-order valence-electron chi connectivity index (χ1n) is 10.7. The highest BCUT2D eigenvalue weighted by Gasteiger charge is 2.32. The number of alkyl halides is 3. The zero-order valence-corrected chi connectivity index (χ0v) is 17.9. The van der Waals surface area contributed by atoms with Crippen LogP contribution in [0.2, 0.25) is 0 Å². The number of pyridine rings is 1. The van der Waals surface area contributed by atoms with E-state index in [2.05, 4.69) is 4.98 Å². The Bertz CT molecular complexity index is 1100. The van der Waals surface area contributed by atoms with Gasteiger partial charge < -0.3 is 15.4 Å². The lowest BCUT2D eigenvalue weighted by Crippen LogP contribution is -2.39. The van der Waals surface area contributed by atoms with Gasteiger partial charge >= 0.3 is 6.18 Å². The first-order valence-corrected chi connectivity index (χ1v) is 10.7. The van der Waals surface area contributed by atoms with Gasteiger partial charge in [-0.3, -0.25) is 9.78 Å². The predicted octanol–water partition coefficient (Wildman–Crippen LogP) is 4.35. The number of carbonyl (C=O) groups is 1. The molecular weight excluding hydrogens is 431 g/mol. The molecule has 3 aromatic rings. The van der Waals surface area contributed by atoms with E-state index in [1.165, 1.54) is 12.3 Å². The van der Waals surface area contributed by atoms with Crippen LogP contribution < -0.4 is 15.4 Å². The molecule has 2 aromatic carbocycles. The van der Waals surface area contributed by atoms with Gasteiger partial charge in [0, 0.05) is 37.5 Å². The van der Waals surface area contributed by atoms with Gasteiger partial charge in [0.2, 0.25) is 5.91 Å². The van der Waals surface area contributed by atoms with Crippen LogP contribution in [0, 0.1) is 0 Å². The normalized spacial score (nSPS) is 13.8. The lowest BCUT2D eigenvalue weighted by molar-refractivity contribution is -0.141. The summed E-state index contributed by atoms with van der Waals surface area (Å²) in [5.74, 6) is 0.0122. The number of aromatic nitrogens is 1. The van der Waals surface area contributed by atoms with Crippen LogP contribution in [0.1, 0.15) is 28.3 Å². The van der Waals surface area contributed by atoms with Crippen molar-refractivity contribution in [1.29, 1.82) is 0 Å². The highest BCUT2D eigenvalue weighted by atomic mass is 19.4. The van der Waals surface area contributed by atoms with Crippen molar-refractivity contribution < 1.29 is 22.7 Å². The number of hydrogen-bond acceptors (Lipinski definition) is 4. The SMILES string of the molecule is NC[C@H](C(=O)N(CCc1ccc(C(F)(F)F)nc1)c1ccc2c(c1)OCC2)c1ccccc1. The van der Waals surface area contributed by atoms with Crippen LogP contribution in [0.25, 0.3) is 0 Å². The Morgan fingerprint density at radius 1 is 1.12 bits per heavy atom. The van der Waals surface area contributed by atoms with Crippen molar-refractivity contribution >= 4 is 11.6 Å². The molecule has 2 heterocycles. The topological polar surface area (TPSA) is 68.5 Å². The van der Waals surface area contributed by atoms with E-state index in [0.29, 0.717) is 24.3 Å². The molecule has 0 unspecified atom stereocenters. The fourth-order valence-corrected chi connectivity index (χ4v) is 3.92. The molecule has 1 amide bonds. The fraction of sp³-hybridized carbons (Fsp3) is 0.280. The summed E-state index contributed by atoms with van der Waals surface area (Å²) in [6.45, 7) is 0.982. The van der Waals surface area contributed by atoms with E-state index in [9.17, 15) is 18.0 Å². The number of ether oxygens (including phenoxy) is 1. The first-order chi connectivity index (χ1) is 15.9. The van der Waals surface area contributed by atoms with Crippen molar-refractivity contribution in [3.05, 3.63) is 89.2 Å². The van der Waals surface area contributed by atoms with Crippen LogP contribution in [0.5, 0.6) is 5.75 Å². The summed E-state index contributed by atoms with van der Waals surface area (Å²) in [6.07, 6.45) is -2.14. The Kier molecular flexibility index (Phi) is 6.65. The van der Waals surface area contributed by atoms with Gasteiger partial charge in [0.25, 0.3) is 0 Å². The van der Waals surface area contributed by atoms with Crippen molar-refractivity contribution in [2.45, 2.75) is 24.9 Å². The second-order valence-corrected chi connectivity index (χ2v) is 7.88. The lowest BCUT2D eigenvalue weighted by Gasteiger charge is -2.28. The number of halogens is 3. The molecular formula is C25H24F3N3O2. The van der Waals surface area contributed by atoms with E-state index in [1.807, 2.05) is 48.5 Å². The van der Waals surface area contributed by atoms with Crippen molar-refractivity contribution in [2.24, 2.45) is 5.73 Å². The molecule has 1 aliphatic heterocycles. The second-order valence-electron chi connectivity index (χ2n) is 7.88. The smallest absolute Gasteiger partial charge is 0.433 e. The maximum Gasteiger partial charge on any atom is 0.433 e. The molecule has 2 N–H and O–H groups in total. The zero-order chi connectivity index (χ0) is 23.4. The van der Waals surface area contributed by atoms with E-state index >= 15 is 0 Å². The molecule has 0 saturated carbocycles. The third-order valence-corrected chi connectivity index (χ3v) is 5.73. The summed E-state index contributed by atoms with van der Waals surface area (Å²) in [4.78, 5) is 18.8. The van der Waals surface area contributed by atoms with E-state index in [-0.39, 0.29) is 19.0 Å². The predicted molar refractivity (Wildman–Crippen MR) is 119 cm³/mol. The van der Waals surface area contributed by atoms with E-state index in [1.54, 1.807) is 4.90 Å². The van der Waals surface area contributed by atoms with Crippen molar-refractivity contribution in [3.63, 3.8) is 0 Å². The van der Waals surface area contributed by atoms with Gasteiger partial charge in [-0.2, -0.15) is 13.2 Å². The Labute approximate surface area is 190 Å². The van der Waals surface area contributed by atoms with Crippen LogP contribution in [0.4, 0.5) is 18.9 Å². The third kappa shape index (κ3) is 5.17. The number of rotatable bonds is 7. The molecule has 172 valence electrons. The molecule has 0 aliphatic carbocycles. The summed E-state index contributed by atoms with van der Waals surface area (Å²) >= 11 is 0. The first kappa shape index (κ1) is 22.8. The summed E-state index contributed by atoms with van der Waals surface area (Å²) in [5, 5.41) is 0. The summed E-state index contributed by atoms with van der Waals surface area (Å²) in [6, 6.07) is 17.3. The van der Waals surface area contributed by atoms with Gasteiger partial charge in [-0.1, -0.05) is 42.5 Å². The van der Waals surface area contributed by atoms with Crippen molar-refractivity contribution in [1.82, 2.24) is 4.98 Å². The van der Waals surface area contributed by atoms with Gasteiger partial charge in [0.1, 0.15) is 11.4 Å². The summed E-state index contributed by atoms with van der Waals surface area (Å²) in [7, 11) is 0. The molecule has 0 radical (unpaired) electrons. The molecule has 1 aliphatic rings. The zero-order valence-electron chi connectivity index (χ0n) is 17.9. The number of fused-ring (bicyclic) bond motifs is 1. The molecule has 0 spiro atoms. The Hall–Kier alpha value is -3.39. The number of nitrogens with zero attached hydrogens (tertiary/aromatic N) is 2. The lowest BCUT2D eigenvalue weighted by atomic mass is 9.97. The average molecular weight is 455 g/mol. The minimum atomic E-state index is -4.49. The molecule has 0 saturated heterocycles. The maximum absolute atomic E-state index is 13.6. The number of benzene rings is 2. The minimum Gasteiger partial charge on any atom is -0.493 e. The summed E-state index contributed by atoms with van der Waals surface area (Å²) < 4.78 is 44.1. The van der Waals surface area contributed by atoms with Crippen LogP contribution in [0.3, 0.4) is 0 Å². The fourth-order valence-electron chi connectivity index (χ4n) is 3.92. The van der Waals surface area contributed by atoms with Crippen LogP contribution in [-0.2, 0) is 23.8 Å². The molecule has 1 atom stereocenters. The van der Waals surface area contributed by atoms with Crippen molar-refractivity contribution in [3.8, 4) is 5.75 Å². The van der Waals surface area contributed by atoms with E-state index in [0.717, 1.165) is 29.4 Å². The van der Waals surface area contributed by atoms with Crippen LogP contribution in [0.15, 0.2) is 66.9 Å². The Balaban J connectivity index is 1.60. The molecule has 0 fully saturated rings. The van der Waals surface area contributed by atoms with Crippen LogP contribution >= 0.6 is 0 Å². The Morgan fingerprint density at radius 3 is 2.58 bits per heavy atom. The maximum atomic E-state index is 13.6. The monoisotopic (exact) mass is 455 g/mol. The number of carbonyl (C=O) groups excluding carboxylic acids is 1. The van der Waals surface area contributed by atoms with Gasteiger partial charge in [-0.25, -0.2) is 0 Å². The number of anilines is 1. The van der Waals surface area contributed by atoms with Gasteiger partial charge in [-0.05, 0) is 35.2 Å². The highest BCUT2D eigenvalue weighted by Crippen LogP contribution is 2.32. The number of hydrogen-bond donors (Lipinski definition) is 1. The number of amides is 1. The Morgan fingerprint density at radius 2 is 1.91 bits per heavy atom. The molecule has 8 heteroatoms. The standard InChI is InChI=1S/C25H24F3N3O2/c26-25(27,28)23-9-6-17(16-30-23)10-12-31(20-8-7-19-11-13-33-22(19)14-20)24(32)21(15-29)18-4-2-1-3-5-18/h1-9,14,16,21H,10-13,15,29H2/t21-/m0/s1. The van der Waals surface area contributed by atoms with E-state index in [4.69, 9.17) is 10.5 Å².